The second kappa shape index (κ2) is 8.90. The van der Waals surface area contributed by atoms with Crippen LogP contribution in [0.25, 0.3) is 0 Å². The van der Waals surface area contributed by atoms with Gasteiger partial charge >= 0.3 is 0 Å². The summed E-state index contributed by atoms with van der Waals surface area (Å²) >= 11 is 10.3. The second-order valence-corrected chi connectivity index (χ2v) is 7.31. The monoisotopic (exact) mass is 481 g/mol. The Hall–Kier alpha value is -0.400. The maximum absolute atomic E-state index is 11.8. The lowest BCUT2D eigenvalue weighted by atomic mass is 10.1. The molecular weight excluding hydrogens is 466 g/mol. The summed E-state index contributed by atoms with van der Waals surface area (Å²) in [7, 11) is 0. The van der Waals surface area contributed by atoms with Gasteiger partial charge in [0.2, 0.25) is 0 Å². The molecular formula is C14H18Br3N3O. The molecule has 0 heterocycles. The average Bonchev–Trinajstić information content (AvgIpc) is 2.41. The minimum atomic E-state index is -0.174. The molecule has 0 unspecified atom stereocenters. The number of rotatable bonds is 6. The first kappa shape index (κ1) is 18.6. The molecule has 0 radical (unpaired) electrons. The Bertz CT molecular complexity index is 545. The van der Waals surface area contributed by atoms with Crippen LogP contribution in [0.3, 0.4) is 0 Å². The number of carbonyl (C=O) groups is 1. The molecule has 0 saturated carbocycles. The molecule has 1 aromatic rings. The van der Waals surface area contributed by atoms with Crippen LogP contribution in [0.1, 0.15) is 27.2 Å². The molecule has 0 aliphatic heterocycles. The van der Waals surface area contributed by atoms with Crippen LogP contribution in [0.15, 0.2) is 30.7 Å². The fourth-order valence-electron chi connectivity index (χ4n) is 1.62. The van der Waals surface area contributed by atoms with Gasteiger partial charge in [-0.25, -0.2) is 5.43 Å². The molecule has 0 aliphatic rings. The van der Waals surface area contributed by atoms with Crippen molar-refractivity contribution in [2.24, 2.45) is 11.0 Å². The largest absolute Gasteiger partial charge is 0.375 e. The summed E-state index contributed by atoms with van der Waals surface area (Å²) in [6, 6.07) is 3.81. The van der Waals surface area contributed by atoms with E-state index in [2.05, 4.69) is 77.5 Å². The Morgan fingerprint density at radius 2 is 1.81 bits per heavy atom. The maximum atomic E-state index is 11.8. The van der Waals surface area contributed by atoms with Crippen molar-refractivity contribution in [2.75, 3.05) is 11.9 Å². The maximum Gasteiger partial charge on any atom is 0.259 e. The Labute approximate surface area is 150 Å². The molecule has 0 aliphatic carbocycles. The van der Waals surface area contributed by atoms with E-state index in [0.29, 0.717) is 5.92 Å². The molecule has 0 atom stereocenters. The van der Waals surface area contributed by atoms with Crippen molar-refractivity contribution in [2.45, 2.75) is 27.2 Å². The Balaban J connectivity index is 2.60. The molecule has 21 heavy (non-hydrogen) atoms. The molecule has 116 valence electrons. The van der Waals surface area contributed by atoms with Gasteiger partial charge in [-0.3, -0.25) is 4.79 Å². The molecule has 1 rings (SSSR count). The molecule has 4 nitrogen and oxygen atoms in total. The molecule has 2 N–H and O–H groups in total. The van der Waals surface area contributed by atoms with E-state index >= 15 is 0 Å². The number of hydrazone groups is 1. The lowest BCUT2D eigenvalue weighted by Gasteiger charge is -2.11. The van der Waals surface area contributed by atoms with Gasteiger partial charge in [0.25, 0.3) is 5.91 Å². The van der Waals surface area contributed by atoms with E-state index in [9.17, 15) is 4.79 Å². The number of nitrogens with zero attached hydrogens (tertiary/aromatic N) is 1. The van der Waals surface area contributed by atoms with Crippen LogP contribution < -0.4 is 10.7 Å². The minimum absolute atomic E-state index is 0.158. The number of anilines is 1. The number of nitrogens with one attached hydrogen (secondary N) is 2. The topological polar surface area (TPSA) is 53.5 Å². The van der Waals surface area contributed by atoms with E-state index in [0.717, 1.165) is 31.2 Å². The highest BCUT2D eigenvalue weighted by atomic mass is 79.9. The molecule has 0 saturated heterocycles. The van der Waals surface area contributed by atoms with Gasteiger partial charge < -0.3 is 5.32 Å². The molecule has 0 fully saturated rings. The first-order valence-corrected chi connectivity index (χ1v) is 8.96. The Morgan fingerprint density at radius 1 is 1.19 bits per heavy atom. The lowest BCUT2D eigenvalue weighted by molar-refractivity contribution is -0.119. The van der Waals surface area contributed by atoms with Crippen LogP contribution in [0, 0.1) is 5.92 Å². The van der Waals surface area contributed by atoms with E-state index in [-0.39, 0.29) is 12.5 Å². The third-order valence-corrected chi connectivity index (χ3v) is 5.30. The van der Waals surface area contributed by atoms with Crippen LogP contribution in [-0.4, -0.2) is 18.2 Å². The number of benzene rings is 1. The minimum Gasteiger partial charge on any atom is -0.375 e. The molecule has 7 heteroatoms. The van der Waals surface area contributed by atoms with Gasteiger partial charge in [-0.1, -0.05) is 20.8 Å². The predicted octanol–water partition coefficient (Wildman–Crippen LogP) is 4.92. The number of halogens is 3. The summed E-state index contributed by atoms with van der Waals surface area (Å²) in [4.78, 5) is 11.8. The zero-order valence-corrected chi connectivity index (χ0v) is 16.9. The van der Waals surface area contributed by atoms with E-state index in [1.807, 2.05) is 19.1 Å². The average molecular weight is 484 g/mol. The molecule has 0 spiro atoms. The highest BCUT2D eigenvalue weighted by Crippen LogP contribution is 2.32. The van der Waals surface area contributed by atoms with Crippen LogP contribution in [0.2, 0.25) is 0 Å². The van der Waals surface area contributed by atoms with Crippen LogP contribution in [-0.2, 0) is 4.79 Å². The van der Waals surface area contributed by atoms with E-state index < -0.39 is 0 Å². The van der Waals surface area contributed by atoms with Gasteiger partial charge in [-0.15, -0.1) is 0 Å². The van der Waals surface area contributed by atoms with Crippen LogP contribution in [0.5, 0.6) is 0 Å². The van der Waals surface area contributed by atoms with Gasteiger partial charge in [0.15, 0.2) is 0 Å². The Morgan fingerprint density at radius 3 is 2.38 bits per heavy atom. The van der Waals surface area contributed by atoms with Gasteiger partial charge in [0.1, 0.15) is 0 Å². The highest BCUT2D eigenvalue weighted by Gasteiger charge is 2.08. The van der Waals surface area contributed by atoms with Crippen molar-refractivity contribution in [1.29, 1.82) is 0 Å². The molecule has 1 aromatic carbocycles. The third kappa shape index (κ3) is 6.08. The molecule has 1 amide bonds. The summed E-state index contributed by atoms with van der Waals surface area (Å²) in [5, 5.41) is 7.23. The second-order valence-electron chi connectivity index (χ2n) is 4.75. The zero-order chi connectivity index (χ0) is 16.0. The third-order valence-electron chi connectivity index (χ3n) is 2.80. The summed E-state index contributed by atoms with van der Waals surface area (Å²) in [5.41, 5.74) is 4.40. The molecule has 0 bridgehead atoms. The summed E-state index contributed by atoms with van der Waals surface area (Å²) in [6.07, 6.45) is 0.830. The Kier molecular flexibility index (Phi) is 7.90. The summed E-state index contributed by atoms with van der Waals surface area (Å²) < 4.78 is 2.74. The smallest absolute Gasteiger partial charge is 0.259 e. The quantitative estimate of drug-likeness (QED) is 0.342. The van der Waals surface area contributed by atoms with Crippen molar-refractivity contribution in [3.8, 4) is 0 Å². The number of hydrogen-bond donors (Lipinski definition) is 2. The van der Waals surface area contributed by atoms with Crippen LogP contribution >= 0.6 is 47.8 Å². The first-order valence-electron chi connectivity index (χ1n) is 6.58. The fraction of sp³-hybridized carbons (Fsp3) is 0.429. The first-order chi connectivity index (χ1) is 9.85. The zero-order valence-electron chi connectivity index (χ0n) is 12.1. The highest BCUT2D eigenvalue weighted by molar-refractivity contribution is 9.13. The van der Waals surface area contributed by atoms with Gasteiger partial charge in [-0.05, 0) is 72.3 Å². The summed E-state index contributed by atoms with van der Waals surface area (Å²) in [5.74, 6) is 0.160. The fourth-order valence-corrected chi connectivity index (χ4v) is 3.10. The van der Waals surface area contributed by atoms with Gasteiger partial charge in [0, 0.05) is 19.1 Å². The van der Waals surface area contributed by atoms with E-state index in [4.69, 9.17) is 0 Å². The standard InChI is InChI=1S/C14H18Br3N3O/c1-4-12(8(2)3)19-20-14(21)7-18-13-6-10(16)9(15)5-11(13)17/h5-6,8,18H,4,7H2,1-3H3,(H,20,21)/b19-12-. The SMILES string of the molecule is CC/C(=N/NC(=O)CNc1cc(Br)c(Br)cc1Br)C(C)C. The van der Waals surface area contributed by atoms with Gasteiger partial charge in [0.05, 0.1) is 12.2 Å². The number of hydrogen-bond acceptors (Lipinski definition) is 3. The summed E-state index contributed by atoms with van der Waals surface area (Å²) in [6.45, 7) is 6.30. The van der Waals surface area contributed by atoms with Crippen molar-refractivity contribution in [3.05, 3.63) is 25.6 Å². The predicted molar refractivity (Wildman–Crippen MR) is 98.7 cm³/mol. The van der Waals surface area contributed by atoms with Crippen molar-refractivity contribution in [3.63, 3.8) is 0 Å². The molecule has 0 aromatic heterocycles. The van der Waals surface area contributed by atoms with Crippen molar-refractivity contribution in [1.82, 2.24) is 5.43 Å². The van der Waals surface area contributed by atoms with Gasteiger partial charge in [-0.2, -0.15) is 5.10 Å². The lowest BCUT2D eigenvalue weighted by Crippen LogP contribution is -2.27. The van der Waals surface area contributed by atoms with E-state index in [1.165, 1.54) is 0 Å². The van der Waals surface area contributed by atoms with Crippen molar-refractivity contribution < 1.29 is 4.79 Å². The number of carbonyl (C=O) groups excluding carboxylic acids is 1. The normalized spacial score (nSPS) is 11.7. The van der Waals surface area contributed by atoms with Crippen LogP contribution in [0.4, 0.5) is 5.69 Å². The number of amides is 1. The van der Waals surface area contributed by atoms with E-state index in [1.54, 1.807) is 0 Å². The van der Waals surface area contributed by atoms with Crippen molar-refractivity contribution >= 4 is 65.1 Å².